The first-order valence-corrected chi connectivity index (χ1v) is 10.2. The van der Waals surface area contributed by atoms with Crippen LogP contribution in [-0.4, -0.2) is 58.3 Å². The van der Waals surface area contributed by atoms with Crippen LogP contribution in [0.15, 0.2) is 30.5 Å². The Hall–Kier alpha value is -2.83. The summed E-state index contributed by atoms with van der Waals surface area (Å²) in [5.74, 6) is 0.0946. The third-order valence-corrected chi connectivity index (χ3v) is 5.02. The van der Waals surface area contributed by atoms with Crippen LogP contribution >= 0.6 is 0 Å². The highest BCUT2D eigenvalue weighted by Crippen LogP contribution is 2.21. The minimum Gasteiger partial charge on any atom is -0.361 e. The molecule has 2 N–H and O–H groups in total. The Morgan fingerprint density at radius 3 is 2.41 bits per heavy atom. The number of para-hydroxylation sites is 1. The van der Waals surface area contributed by atoms with Gasteiger partial charge in [0.15, 0.2) is 0 Å². The number of fused-ring (bicyclic) bond motifs is 1. The number of rotatable bonds is 8. The van der Waals surface area contributed by atoms with Crippen LogP contribution < -0.4 is 5.32 Å². The minimum absolute atomic E-state index is 0.191. The van der Waals surface area contributed by atoms with Crippen LogP contribution in [0.4, 0.5) is 4.79 Å². The Morgan fingerprint density at radius 2 is 1.76 bits per heavy atom. The summed E-state index contributed by atoms with van der Waals surface area (Å²) < 4.78 is 0. The monoisotopic (exact) mass is 398 g/mol. The van der Waals surface area contributed by atoms with Gasteiger partial charge in [-0.25, -0.2) is 4.79 Å². The van der Waals surface area contributed by atoms with Crippen LogP contribution in [0.1, 0.15) is 33.3 Å². The number of hydrogen-bond acceptors (Lipinski definition) is 3. The molecule has 0 spiro atoms. The maximum absolute atomic E-state index is 12.8. The van der Waals surface area contributed by atoms with Gasteiger partial charge >= 0.3 is 6.03 Å². The van der Waals surface area contributed by atoms with E-state index in [0.717, 1.165) is 21.4 Å². The summed E-state index contributed by atoms with van der Waals surface area (Å²) >= 11 is 0. The van der Waals surface area contributed by atoms with Gasteiger partial charge in [-0.05, 0) is 23.5 Å². The number of imide groups is 1. The van der Waals surface area contributed by atoms with E-state index in [-0.39, 0.29) is 18.4 Å². The largest absolute Gasteiger partial charge is 0.361 e. The maximum atomic E-state index is 12.8. The van der Waals surface area contributed by atoms with Crippen molar-refractivity contribution >= 4 is 28.7 Å². The Labute approximate surface area is 171 Å². The van der Waals surface area contributed by atoms with E-state index in [1.807, 2.05) is 58.2 Å². The maximum Gasteiger partial charge on any atom is 0.325 e. The molecule has 0 radical (unpaired) electrons. The molecular weight excluding hydrogens is 368 g/mol. The van der Waals surface area contributed by atoms with Gasteiger partial charge in [-0.3, -0.25) is 14.5 Å². The van der Waals surface area contributed by atoms with Crippen LogP contribution in [0.3, 0.4) is 0 Å². The molecule has 1 aromatic heterocycles. The molecule has 1 aromatic carbocycles. The first kappa shape index (κ1) is 20.9. The minimum atomic E-state index is -0.654. The van der Waals surface area contributed by atoms with Crippen molar-refractivity contribution in [3.63, 3.8) is 0 Å². The van der Waals surface area contributed by atoms with Crippen molar-refractivity contribution in [3.05, 3.63) is 36.0 Å². The summed E-state index contributed by atoms with van der Waals surface area (Å²) in [6.07, 6.45) is 2.26. The van der Waals surface area contributed by atoms with Gasteiger partial charge < -0.3 is 15.2 Å². The number of aromatic nitrogens is 1. The van der Waals surface area contributed by atoms with E-state index >= 15 is 0 Å². The number of urea groups is 1. The van der Waals surface area contributed by atoms with Gasteiger partial charge in [0.2, 0.25) is 5.91 Å². The van der Waals surface area contributed by atoms with E-state index < -0.39 is 12.1 Å². The number of aromatic amines is 1. The number of carbonyl (C=O) groups is 3. The van der Waals surface area contributed by atoms with Gasteiger partial charge in [0, 0.05) is 36.6 Å². The summed E-state index contributed by atoms with van der Waals surface area (Å²) in [4.78, 5) is 44.0. The molecular formula is C22H30N4O3. The number of amides is 4. The van der Waals surface area contributed by atoms with Crippen LogP contribution in [0, 0.1) is 11.8 Å². The van der Waals surface area contributed by atoms with Gasteiger partial charge in [-0.1, -0.05) is 45.9 Å². The van der Waals surface area contributed by atoms with Crippen molar-refractivity contribution in [2.75, 3.05) is 19.6 Å². The lowest BCUT2D eigenvalue weighted by molar-refractivity contribution is -0.138. The van der Waals surface area contributed by atoms with Crippen LogP contribution in [0.5, 0.6) is 0 Å². The number of nitrogens with one attached hydrogen (secondary N) is 2. The molecule has 29 heavy (non-hydrogen) atoms. The molecule has 3 rings (SSSR count). The number of H-pyrrole nitrogens is 1. The second-order valence-corrected chi connectivity index (χ2v) is 8.58. The molecule has 2 aromatic rings. The van der Waals surface area contributed by atoms with Crippen molar-refractivity contribution in [2.45, 2.75) is 40.2 Å². The fourth-order valence-electron chi connectivity index (χ4n) is 3.78. The summed E-state index contributed by atoms with van der Waals surface area (Å²) in [6.45, 7) is 9.20. The van der Waals surface area contributed by atoms with Crippen molar-refractivity contribution in [1.82, 2.24) is 20.1 Å². The molecule has 1 aliphatic rings. The third-order valence-electron chi connectivity index (χ3n) is 5.02. The fourth-order valence-corrected chi connectivity index (χ4v) is 3.78. The van der Waals surface area contributed by atoms with E-state index in [4.69, 9.17) is 0 Å². The number of benzene rings is 1. The summed E-state index contributed by atoms with van der Waals surface area (Å²) in [5.41, 5.74) is 1.96. The fraction of sp³-hybridized carbons (Fsp3) is 0.500. The lowest BCUT2D eigenvalue weighted by atomic mass is 10.1. The Bertz CT molecular complexity index is 892. The molecule has 0 saturated carbocycles. The lowest BCUT2D eigenvalue weighted by Gasteiger charge is -2.27. The molecule has 1 saturated heterocycles. The molecule has 0 aliphatic carbocycles. The van der Waals surface area contributed by atoms with Gasteiger partial charge in [0.25, 0.3) is 5.91 Å². The predicted octanol–water partition coefficient (Wildman–Crippen LogP) is 2.77. The molecule has 0 bridgehead atoms. The van der Waals surface area contributed by atoms with E-state index in [1.165, 1.54) is 0 Å². The normalized spacial score (nSPS) is 16.9. The predicted molar refractivity (Wildman–Crippen MR) is 112 cm³/mol. The molecule has 2 heterocycles. The standard InChI is InChI=1S/C22H30N4O3/c1-14(2)11-25(12-15(3)4)20(27)13-26-21(28)19(24-22(26)29)9-16-10-23-18-8-6-5-7-17(16)18/h5-8,10,14-15,19,23H,9,11-13H2,1-4H3,(H,24,29)/t19-/m1/s1. The first-order chi connectivity index (χ1) is 13.8. The highest BCUT2D eigenvalue weighted by Gasteiger charge is 2.39. The van der Waals surface area contributed by atoms with Gasteiger partial charge in [0.05, 0.1) is 0 Å². The topological polar surface area (TPSA) is 85.5 Å². The van der Waals surface area contributed by atoms with E-state index in [9.17, 15) is 14.4 Å². The van der Waals surface area contributed by atoms with Crippen molar-refractivity contribution < 1.29 is 14.4 Å². The second-order valence-electron chi connectivity index (χ2n) is 8.58. The number of hydrogen-bond donors (Lipinski definition) is 2. The zero-order chi connectivity index (χ0) is 21.1. The van der Waals surface area contributed by atoms with Crippen LogP contribution in [0.25, 0.3) is 10.9 Å². The summed E-state index contributed by atoms with van der Waals surface area (Å²) in [5, 5.41) is 3.77. The Morgan fingerprint density at radius 1 is 1.10 bits per heavy atom. The molecule has 1 atom stereocenters. The van der Waals surface area contributed by atoms with Crippen molar-refractivity contribution in [2.24, 2.45) is 11.8 Å². The quantitative estimate of drug-likeness (QED) is 0.671. The number of nitrogens with zero attached hydrogens (tertiary/aromatic N) is 2. The average molecular weight is 399 g/mol. The van der Waals surface area contributed by atoms with Crippen molar-refractivity contribution in [3.8, 4) is 0 Å². The molecule has 0 unspecified atom stereocenters. The van der Waals surface area contributed by atoms with E-state index in [2.05, 4.69) is 10.3 Å². The highest BCUT2D eigenvalue weighted by atomic mass is 16.2. The van der Waals surface area contributed by atoms with Crippen LogP contribution in [-0.2, 0) is 16.0 Å². The summed E-state index contributed by atoms with van der Waals surface area (Å²) in [7, 11) is 0. The molecule has 156 valence electrons. The smallest absolute Gasteiger partial charge is 0.325 e. The SMILES string of the molecule is CC(C)CN(CC(C)C)C(=O)CN1C(=O)N[C@H](Cc2c[nH]c3ccccc23)C1=O. The van der Waals surface area contributed by atoms with Gasteiger partial charge in [-0.2, -0.15) is 0 Å². The molecule has 7 nitrogen and oxygen atoms in total. The Kier molecular flexibility index (Phi) is 6.25. The summed E-state index contributed by atoms with van der Waals surface area (Å²) in [6, 6.07) is 6.69. The highest BCUT2D eigenvalue weighted by molar-refractivity contribution is 6.06. The third kappa shape index (κ3) is 4.78. The zero-order valence-electron chi connectivity index (χ0n) is 17.6. The molecule has 1 fully saturated rings. The van der Waals surface area contributed by atoms with E-state index in [0.29, 0.717) is 31.3 Å². The van der Waals surface area contributed by atoms with Gasteiger partial charge in [0.1, 0.15) is 12.6 Å². The van der Waals surface area contributed by atoms with Crippen molar-refractivity contribution in [1.29, 1.82) is 0 Å². The molecule has 1 aliphatic heterocycles. The second kappa shape index (κ2) is 8.68. The van der Waals surface area contributed by atoms with Crippen LogP contribution in [0.2, 0.25) is 0 Å². The Balaban J connectivity index is 1.68. The lowest BCUT2D eigenvalue weighted by Crippen LogP contribution is -2.45. The van der Waals surface area contributed by atoms with E-state index in [1.54, 1.807) is 4.90 Å². The first-order valence-electron chi connectivity index (χ1n) is 10.2. The zero-order valence-corrected chi connectivity index (χ0v) is 17.6. The number of carbonyl (C=O) groups excluding carboxylic acids is 3. The average Bonchev–Trinajstić information content (AvgIpc) is 3.17. The molecule has 4 amide bonds. The molecule has 7 heteroatoms. The van der Waals surface area contributed by atoms with Gasteiger partial charge in [-0.15, -0.1) is 0 Å².